The van der Waals surface area contributed by atoms with Gasteiger partial charge in [-0.15, -0.1) is 0 Å². The van der Waals surface area contributed by atoms with E-state index < -0.39 is 0 Å². The van der Waals surface area contributed by atoms with Gasteiger partial charge in [-0.2, -0.15) is 0 Å². The van der Waals surface area contributed by atoms with Crippen molar-refractivity contribution in [2.45, 2.75) is 39.3 Å². The molecule has 2 aromatic carbocycles. The molecule has 10 nitrogen and oxygen atoms in total. The lowest BCUT2D eigenvalue weighted by Gasteiger charge is -2.30. The van der Waals surface area contributed by atoms with Crippen LogP contribution in [0.25, 0.3) is 0 Å². The van der Waals surface area contributed by atoms with Gasteiger partial charge < -0.3 is 29.7 Å². The lowest BCUT2D eigenvalue weighted by Crippen LogP contribution is -2.43. The Bertz CT molecular complexity index is 964. The highest BCUT2D eigenvalue weighted by Gasteiger charge is 2.20. The van der Waals surface area contributed by atoms with Crippen LogP contribution in [0.1, 0.15) is 39.3 Å². The molecule has 1 unspecified atom stereocenters. The van der Waals surface area contributed by atoms with E-state index in [1.807, 2.05) is 52.0 Å². The van der Waals surface area contributed by atoms with Crippen LogP contribution in [0.15, 0.2) is 36.4 Å². The molecule has 2 N–H and O–H groups in total. The number of benzene rings is 2. The van der Waals surface area contributed by atoms with Gasteiger partial charge in [-0.3, -0.25) is 14.9 Å². The topological polar surface area (TPSA) is 115 Å². The minimum atomic E-state index is -0.358. The van der Waals surface area contributed by atoms with Crippen LogP contribution in [-0.2, 0) is 9.53 Å². The molecule has 0 aromatic heterocycles. The van der Waals surface area contributed by atoms with Crippen molar-refractivity contribution in [3.8, 4) is 11.5 Å². The summed E-state index contributed by atoms with van der Waals surface area (Å²) in [6.07, 6.45) is 0. The highest BCUT2D eigenvalue weighted by Crippen LogP contribution is 2.34. The molecule has 3 rings (SSSR count). The smallest absolute Gasteiger partial charge is 0.293 e. The summed E-state index contributed by atoms with van der Waals surface area (Å²) in [4.78, 5) is 23.0. The maximum absolute atomic E-state index is 11.5. The van der Waals surface area contributed by atoms with Crippen molar-refractivity contribution >= 4 is 23.5 Å². The Hall–Kier alpha value is -3.53. The molecular formula is C25H36N4O6. The Labute approximate surface area is 206 Å². The molecule has 1 atom stereocenters. The van der Waals surface area contributed by atoms with E-state index in [0.717, 1.165) is 37.4 Å². The summed E-state index contributed by atoms with van der Waals surface area (Å²) in [7, 11) is 3.19. The van der Waals surface area contributed by atoms with Gasteiger partial charge in [-0.25, -0.2) is 0 Å². The van der Waals surface area contributed by atoms with Gasteiger partial charge in [0.15, 0.2) is 0 Å². The average Bonchev–Trinajstić information content (AvgIpc) is 2.83. The summed E-state index contributed by atoms with van der Waals surface area (Å²) in [5.74, 6) is 1.35. The van der Waals surface area contributed by atoms with Crippen molar-refractivity contribution in [3.63, 3.8) is 0 Å². The molecule has 0 saturated carbocycles. The quantitative estimate of drug-likeness (QED) is 0.321. The fourth-order valence-corrected chi connectivity index (χ4v) is 3.46. The number of carbonyl (C=O) groups is 1. The lowest BCUT2D eigenvalue weighted by atomic mass is 10.1. The van der Waals surface area contributed by atoms with Crippen molar-refractivity contribution in [2.24, 2.45) is 0 Å². The zero-order valence-corrected chi connectivity index (χ0v) is 21.3. The number of rotatable bonds is 8. The molecular weight excluding hydrogens is 452 g/mol. The van der Waals surface area contributed by atoms with Crippen LogP contribution in [0, 0.1) is 10.1 Å². The van der Waals surface area contributed by atoms with Gasteiger partial charge in [-0.05, 0) is 57.5 Å². The van der Waals surface area contributed by atoms with Crippen LogP contribution in [0.2, 0.25) is 0 Å². The Morgan fingerprint density at radius 2 is 1.69 bits per heavy atom. The number of hydrogen-bond donors (Lipinski definition) is 2. The number of nitro benzene ring substituents is 1. The molecule has 10 heteroatoms. The zero-order chi connectivity index (χ0) is 26.0. The van der Waals surface area contributed by atoms with Gasteiger partial charge in [0.25, 0.3) is 12.2 Å². The van der Waals surface area contributed by atoms with E-state index in [1.165, 1.54) is 0 Å². The van der Waals surface area contributed by atoms with Gasteiger partial charge in [0.1, 0.15) is 22.8 Å². The highest BCUT2D eigenvalue weighted by molar-refractivity contribution is 5.70. The second kappa shape index (κ2) is 12.8. The van der Waals surface area contributed by atoms with Gasteiger partial charge in [0.2, 0.25) is 0 Å². The number of hydrogen-bond acceptors (Lipinski definition) is 9. The predicted octanol–water partition coefficient (Wildman–Crippen LogP) is 4.15. The standard InChI is InChI=1S/C20H26N4O4.C5H10O2/c1-14(15-10-17(27-2)13-18(11-15)28-3)22-19-12-16(4-5-20(19)24(25)26)23-8-6-21-7-9-23;1-5(2,3)7-4-6/h4-5,10-14,21-22H,6-9H2,1-3H3;4H,1-3H3. The molecule has 1 saturated heterocycles. The van der Waals surface area contributed by atoms with Crippen LogP contribution in [0.5, 0.6) is 11.5 Å². The van der Waals surface area contributed by atoms with Crippen molar-refractivity contribution < 1.29 is 23.9 Å². The minimum absolute atomic E-state index is 0.0561. The molecule has 0 spiro atoms. The van der Waals surface area contributed by atoms with E-state index in [4.69, 9.17) is 9.47 Å². The van der Waals surface area contributed by atoms with Crippen molar-refractivity contribution in [1.82, 2.24) is 5.32 Å². The number of anilines is 2. The summed E-state index contributed by atoms with van der Waals surface area (Å²) < 4.78 is 15.2. The molecule has 2 aromatic rings. The molecule has 1 aliphatic heterocycles. The van der Waals surface area contributed by atoms with Crippen molar-refractivity contribution in [1.29, 1.82) is 0 Å². The SMILES string of the molecule is CC(C)(C)OC=O.COc1cc(OC)cc(C(C)Nc2cc(N3CCNCC3)ccc2[N+](=O)[O-])c1. The van der Waals surface area contributed by atoms with Gasteiger partial charge >= 0.3 is 0 Å². The maximum Gasteiger partial charge on any atom is 0.293 e. The van der Waals surface area contributed by atoms with E-state index in [1.54, 1.807) is 26.4 Å². The normalized spacial score (nSPS) is 14.2. The van der Waals surface area contributed by atoms with Crippen molar-refractivity contribution in [2.75, 3.05) is 50.6 Å². The van der Waals surface area contributed by atoms with E-state index in [-0.39, 0.29) is 22.3 Å². The first-order valence-corrected chi connectivity index (χ1v) is 11.4. The van der Waals surface area contributed by atoms with E-state index in [0.29, 0.717) is 23.7 Å². The largest absolute Gasteiger partial charge is 0.497 e. The van der Waals surface area contributed by atoms with Crippen LogP contribution >= 0.6 is 0 Å². The fraction of sp³-hybridized carbons (Fsp3) is 0.480. The van der Waals surface area contributed by atoms with E-state index in [9.17, 15) is 14.9 Å². The second-order valence-electron chi connectivity index (χ2n) is 9.03. The van der Waals surface area contributed by atoms with Gasteiger partial charge in [0.05, 0.1) is 19.1 Å². The molecule has 1 fully saturated rings. The number of nitrogens with zero attached hydrogens (tertiary/aromatic N) is 2. The number of nitro groups is 1. The Morgan fingerprint density at radius 3 is 2.14 bits per heavy atom. The number of piperazine rings is 1. The highest BCUT2D eigenvalue weighted by atomic mass is 16.6. The van der Waals surface area contributed by atoms with Crippen molar-refractivity contribution in [3.05, 3.63) is 52.1 Å². The monoisotopic (exact) mass is 488 g/mol. The molecule has 35 heavy (non-hydrogen) atoms. The number of carbonyl (C=O) groups excluding carboxylic acids is 1. The Morgan fingerprint density at radius 1 is 1.09 bits per heavy atom. The predicted molar refractivity (Wildman–Crippen MR) is 137 cm³/mol. The molecule has 1 heterocycles. The third kappa shape index (κ3) is 8.64. The first-order valence-electron chi connectivity index (χ1n) is 11.4. The third-order valence-electron chi connectivity index (χ3n) is 5.31. The Balaban J connectivity index is 0.000000540. The maximum atomic E-state index is 11.5. The Kier molecular flexibility index (Phi) is 10.1. The number of nitrogens with one attached hydrogen (secondary N) is 2. The van der Waals surface area contributed by atoms with Gasteiger partial charge in [-0.1, -0.05) is 0 Å². The van der Waals surface area contributed by atoms with E-state index >= 15 is 0 Å². The van der Waals surface area contributed by atoms with Crippen LogP contribution in [0.3, 0.4) is 0 Å². The second-order valence-corrected chi connectivity index (χ2v) is 9.03. The summed E-state index contributed by atoms with van der Waals surface area (Å²) in [6, 6.07) is 10.6. The summed E-state index contributed by atoms with van der Waals surface area (Å²) >= 11 is 0. The molecule has 0 amide bonds. The number of methoxy groups -OCH3 is 2. The zero-order valence-electron chi connectivity index (χ0n) is 21.3. The molecule has 192 valence electrons. The van der Waals surface area contributed by atoms with Crippen LogP contribution in [-0.4, -0.2) is 57.4 Å². The fourth-order valence-electron chi connectivity index (χ4n) is 3.46. The molecule has 0 aliphatic carbocycles. The molecule has 1 aliphatic rings. The van der Waals surface area contributed by atoms with Crippen LogP contribution in [0.4, 0.5) is 17.1 Å². The lowest BCUT2D eigenvalue weighted by molar-refractivity contribution is -0.384. The van der Waals surface area contributed by atoms with Crippen LogP contribution < -0.4 is 25.0 Å². The van der Waals surface area contributed by atoms with Gasteiger partial charge in [0, 0.05) is 50.0 Å². The summed E-state index contributed by atoms with van der Waals surface area (Å²) in [6.45, 7) is 11.4. The first-order chi connectivity index (χ1) is 16.6. The number of ether oxygens (including phenoxy) is 3. The molecule has 0 bridgehead atoms. The first kappa shape index (κ1) is 27.7. The molecule has 0 radical (unpaired) electrons. The van der Waals surface area contributed by atoms with E-state index in [2.05, 4.69) is 20.3 Å². The minimum Gasteiger partial charge on any atom is -0.497 e. The third-order valence-corrected chi connectivity index (χ3v) is 5.31. The summed E-state index contributed by atoms with van der Waals surface area (Å²) in [5.41, 5.74) is 2.13. The summed E-state index contributed by atoms with van der Waals surface area (Å²) in [5, 5.41) is 18.1. The average molecular weight is 489 g/mol.